The van der Waals surface area contributed by atoms with Gasteiger partial charge in [0, 0.05) is 25.1 Å². The van der Waals surface area contributed by atoms with Gasteiger partial charge >= 0.3 is 0 Å². The molecule has 0 unspecified atom stereocenters. The Morgan fingerprint density at radius 3 is 2.77 bits per heavy atom. The van der Waals surface area contributed by atoms with E-state index >= 15 is 0 Å². The molecule has 4 rings (SSSR count). The number of amides is 1. The van der Waals surface area contributed by atoms with Crippen LogP contribution in [-0.2, 0) is 17.8 Å². The van der Waals surface area contributed by atoms with Gasteiger partial charge in [-0.2, -0.15) is 0 Å². The summed E-state index contributed by atoms with van der Waals surface area (Å²) < 4.78 is 13.5. The van der Waals surface area contributed by atoms with Crippen LogP contribution in [0.5, 0.6) is 11.5 Å². The summed E-state index contributed by atoms with van der Waals surface area (Å²) in [6, 6.07) is 13.8. The molecule has 0 spiro atoms. The number of fused-ring (bicyclic) bond motifs is 1. The topological polar surface area (TPSA) is 78.3 Å². The maximum Gasteiger partial charge on any atom is 0.234 e. The number of aromatic nitrogens is 3. The molecule has 0 saturated heterocycles. The number of rotatable bonds is 7. The molecule has 1 amide bonds. The number of nitrogens with one attached hydrogen (secondary N) is 1. The van der Waals surface area contributed by atoms with E-state index in [1.807, 2.05) is 54.0 Å². The minimum absolute atomic E-state index is 0.0642. The lowest BCUT2D eigenvalue weighted by Crippen LogP contribution is -2.14. The summed E-state index contributed by atoms with van der Waals surface area (Å²) in [4.78, 5) is 12.3. The van der Waals surface area contributed by atoms with Crippen LogP contribution in [0.25, 0.3) is 0 Å². The first-order chi connectivity index (χ1) is 15.1. The Bertz CT molecular complexity index is 1070. The molecule has 0 bridgehead atoms. The molecule has 0 saturated carbocycles. The van der Waals surface area contributed by atoms with E-state index in [4.69, 9.17) is 9.47 Å². The van der Waals surface area contributed by atoms with Gasteiger partial charge < -0.3 is 19.4 Å². The van der Waals surface area contributed by atoms with Crippen LogP contribution >= 0.6 is 11.8 Å². The van der Waals surface area contributed by atoms with Crippen LogP contribution < -0.4 is 14.8 Å². The van der Waals surface area contributed by atoms with Crippen LogP contribution in [-0.4, -0.2) is 39.6 Å². The Morgan fingerprint density at radius 2 is 1.97 bits per heavy atom. The van der Waals surface area contributed by atoms with Gasteiger partial charge in [0.2, 0.25) is 5.91 Å². The summed E-state index contributed by atoms with van der Waals surface area (Å²) in [6.07, 6.45) is 1.51. The van der Waals surface area contributed by atoms with E-state index in [1.165, 1.54) is 11.8 Å². The fraction of sp³-hybridized carbons (Fsp3) is 0.348. The van der Waals surface area contributed by atoms with Gasteiger partial charge in [0.1, 0.15) is 5.82 Å². The fourth-order valence-electron chi connectivity index (χ4n) is 3.42. The third-order valence-electron chi connectivity index (χ3n) is 4.92. The lowest BCUT2D eigenvalue weighted by atomic mass is 10.1. The Kier molecular flexibility index (Phi) is 6.76. The maximum atomic E-state index is 12.3. The third-order valence-corrected chi connectivity index (χ3v) is 5.88. The molecule has 2 heterocycles. The van der Waals surface area contributed by atoms with E-state index in [0.717, 1.165) is 52.3 Å². The van der Waals surface area contributed by atoms with Crippen molar-refractivity contribution < 1.29 is 14.3 Å². The number of ether oxygens (including phenoxy) is 2. The SMILES string of the molecule is CCn1c(Cc2ccc3c(c2)OCCCO3)nnc1SCC(=O)Nc1cccc(C)c1. The van der Waals surface area contributed by atoms with Crippen molar-refractivity contribution in [2.45, 2.75) is 38.4 Å². The molecule has 0 fully saturated rings. The maximum absolute atomic E-state index is 12.3. The first kappa shape index (κ1) is 21.2. The van der Waals surface area contributed by atoms with Crippen molar-refractivity contribution in [3.63, 3.8) is 0 Å². The zero-order valence-corrected chi connectivity index (χ0v) is 18.6. The lowest BCUT2D eigenvalue weighted by molar-refractivity contribution is -0.113. The molecule has 31 heavy (non-hydrogen) atoms. The van der Waals surface area contributed by atoms with Gasteiger partial charge in [-0.1, -0.05) is 30.0 Å². The normalized spacial score (nSPS) is 13.0. The summed E-state index contributed by atoms with van der Waals surface area (Å²) in [5.41, 5.74) is 2.99. The van der Waals surface area contributed by atoms with Crippen LogP contribution in [0.15, 0.2) is 47.6 Å². The van der Waals surface area contributed by atoms with Crippen molar-refractivity contribution in [2.75, 3.05) is 24.3 Å². The van der Waals surface area contributed by atoms with E-state index in [2.05, 4.69) is 22.4 Å². The number of hydrogen-bond donors (Lipinski definition) is 1. The molecule has 2 aromatic carbocycles. The fourth-order valence-corrected chi connectivity index (χ4v) is 4.25. The molecule has 1 aliphatic heterocycles. The van der Waals surface area contributed by atoms with Gasteiger partial charge in [0.05, 0.1) is 19.0 Å². The Hall–Kier alpha value is -3.00. The summed E-state index contributed by atoms with van der Waals surface area (Å²) in [7, 11) is 0. The molecule has 0 aliphatic carbocycles. The van der Waals surface area contributed by atoms with Gasteiger partial charge in [0.25, 0.3) is 0 Å². The summed E-state index contributed by atoms with van der Waals surface area (Å²) in [5.74, 6) is 2.63. The summed E-state index contributed by atoms with van der Waals surface area (Å²) in [6.45, 7) is 6.12. The van der Waals surface area contributed by atoms with Crippen LogP contribution in [0.2, 0.25) is 0 Å². The van der Waals surface area contributed by atoms with Gasteiger partial charge in [-0.25, -0.2) is 0 Å². The van der Waals surface area contributed by atoms with Crippen LogP contribution in [0.4, 0.5) is 5.69 Å². The predicted octanol–water partition coefficient (Wildman–Crippen LogP) is 4.09. The average molecular weight is 439 g/mol. The summed E-state index contributed by atoms with van der Waals surface area (Å²) in [5, 5.41) is 12.4. The van der Waals surface area contributed by atoms with Crippen LogP contribution in [0.3, 0.4) is 0 Å². The zero-order chi connectivity index (χ0) is 21.6. The molecule has 1 aliphatic rings. The standard InChI is InChI=1S/C23H26N4O3S/c1-3-27-21(14-17-8-9-19-20(13-17)30-11-5-10-29-19)25-26-23(27)31-15-22(28)24-18-7-4-6-16(2)12-18/h4,6-9,12-13H,3,5,10-11,14-15H2,1-2H3,(H,24,28). The van der Waals surface area contributed by atoms with E-state index in [9.17, 15) is 4.79 Å². The first-order valence-corrected chi connectivity index (χ1v) is 11.4. The molecule has 1 aromatic heterocycles. The molecular weight excluding hydrogens is 412 g/mol. The first-order valence-electron chi connectivity index (χ1n) is 10.4. The van der Waals surface area contributed by atoms with E-state index in [-0.39, 0.29) is 11.7 Å². The zero-order valence-electron chi connectivity index (χ0n) is 17.8. The molecule has 0 atom stereocenters. The molecular formula is C23H26N4O3S. The van der Waals surface area contributed by atoms with Crippen molar-refractivity contribution in [1.29, 1.82) is 0 Å². The highest BCUT2D eigenvalue weighted by Crippen LogP contribution is 2.31. The number of nitrogens with zero attached hydrogens (tertiary/aromatic N) is 3. The van der Waals surface area contributed by atoms with Crippen LogP contribution in [0, 0.1) is 6.92 Å². The second-order valence-corrected chi connectivity index (χ2v) is 8.30. The van der Waals surface area contributed by atoms with Crippen molar-refractivity contribution in [3.8, 4) is 11.5 Å². The van der Waals surface area contributed by atoms with Gasteiger partial charge in [-0.15, -0.1) is 10.2 Å². The predicted molar refractivity (Wildman–Crippen MR) is 121 cm³/mol. The number of carbonyl (C=O) groups excluding carboxylic acids is 1. The van der Waals surface area contributed by atoms with E-state index in [1.54, 1.807) is 0 Å². The second kappa shape index (κ2) is 9.87. The monoisotopic (exact) mass is 438 g/mol. The Balaban J connectivity index is 1.40. The number of hydrogen-bond acceptors (Lipinski definition) is 6. The minimum Gasteiger partial charge on any atom is -0.490 e. The average Bonchev–Trinajstić information content (AvgIpc) is 2.98. The summed E-state index contributed by atoms with van der Waals surface area (Å²) >= 11 is 1.39. The highest BCUT2D eigenvalue weighted by molar-refractivity contribution is 7.99. The lowest BCUT2D eigenvalue weighted by Gasteiger charge is -2.10. The number of benzene rings is 2. The molecule has 0 radical (unpaired) electrons. The van der Waals surface area contributed by atoms with Crippen molar-refractivity contribution in [3.05, 3.63) is 59.4 Å². The third kappa shape index (κ3) is 5.38. The quantitative estimate of drug-likeness (QED) is 0.560. The number of carbonyl (C=O) groups is 1. The van der Waals surface area contributed by atoms with Gasteiger partial charge in [-0.3, -0.25) is 4.79 Å². The number of thioether (sulfide) groups is 1. The van der Waals surface area contributed by atoms with Crippen LogP contribution in [0.1, 0.15) is 30.3 Å². The largest absolute Gasteiger partial charge is 0.490 e. The Labute approximate surface area is 186 Å². The van der Waals surface area contributed by atoms with E-state index in [0.29, 0.717) is 19.6 Å². The number of aryl methyl sites for hydroxylation is 1. The molecule has 3 aromatic rings. The minimum atomic E-state index is -0.0642. The highest BCUT2D eigenvalue weighted by atomic mass is 32.2. The Morgan fingerprint density at radius 1 is 1.13 bits per heavy atom. The molecule has 1 N–H and O–H groups in total. The van der Waals surface area contributed by atoms with E-state index < -0.39 is 0 Å². The van der Waals surface area contributed by atoms with Crippen molar-refractivity contribution in [2.24, 2.45) is 0 Å². The smallest absolute Gasteiger partial charge is 0.234 e. The molecule has 8 heteroatoms. The van der Waals surface area contributed by atoms with Gasteiger partial charge in [-0.05, 0) is 49.2 Å². The van der Waals surface area contributed by atoms with Crippen molar-refractivity contribution >= 4 is 23.4 Å². The second-order valence-electron chi connectivity index (χ2n) is 7.36. The molecule has 162 valence electrons. The van der Waals surface area contributed by atoms with Crippen molar-refractivity contribution in [1.82, 2.24) is 14.8 Å². The number of anilines is 1. The molecule has 7 nitrogen and oxygen atoms in total. The van der Waals surface area contributed by atoms with Gasteiger partial charge in [0.15, 0.2) is 16.7 Å². The highest BCUT2D eigenvalue weighted by Gasteiger charge is 2.16.